The molecule has 0 spiro atoms. The summed E-state index contributed by atoms with van der Waals surface area (Å²) >= 11 is 0. The van der Waals surface area contributed by atoms with Crippen molar-refractivity contribution >= 4 is 35.8 Å². The van der Waals surface area contributed by atoms with Crippen LogP contribution < -0.4 is 0 Å². The maximum Gasteiger partial charge on any atom is 0.313 e. The minimum atomic E-state index is -0.739. The molecule has 272 valence electrons. The van der Waals surface area contributed by atoms with Gasteiger partial charge in [0, 0.05) is 38.5 Å². The van der Waals surface area contributed by atoms with Crippen LogP contribution >= 0.6 is 0 Å². The number of unbranched alkanes of at least 4 members (excludes halogenated alkanes) is 22. The maximum absolute atomic E-state index is 11.9. The first-order chi connectivity index (χ1) is 22.7. The van der Waals surface area contributed by atoms with Crippen molar-refractivity contribution < 1.29 is 48.5 Å². The zero-order valence-corrected chi connectivity index (χ0v) is 29.1. The summed E-state index contributed by atoms with van der Waals surface area (Å²) in [5, 5.41) is 17.2. The van der Waals surface area contributed by atoms with Crippen LogP contribution in [0, 0.1) is 0 Å². The third-order valence-electron chi connectivity index (χ3n) is 8.26. The summed E-state index contributed by atoms with van der Waals surface area (Å²) < 4.78 is 9.84. The van der Waals surface area contributed by atoms with Gasteiger partial charge in [-0.1, -0.05) is 122 Å². The maximum atomic E-state index is 11.9. The highest BCUT2D eigenvalue weighted by molar-refractivity contribution is 5.85. The molecule has 47 heavy (non-hydrogen) atoms. The molecule has 0 aliphatic rings. The highest BCUT2D eigenvalue weighted by Gasteiger charge is 2.11. The smallest absolute Gasteiger partial charge is 0.313 e. The molecule has 0 rings (SSSR count). The second kappa shape index (κ2) is 33.1. The van der Waals surface area contributed by atoms with Crippen LogP contribution in [0.15, 0.2) is 0 Å². The minimum absolute atomic E-state index is 0.239. The van der Waals surface area contributed by atoms with E-state index >= 15 is 0 Å². The van der Waals surface area contributed by atoms with Gasteiger partial charge in [-0.2, -0.15) is 0 Å². The Labute approximate surface area is 283 Å². The summed E-state index contributed by atoms with van der Waals surface area (Å²) in [7, 11) is 0. The number of ether oxygens (including phenoxy) is 2. The standard InChI is InChI=1S/C37H64O10/c38-32(39)26-20-14-8-4-6-12-18-24-30-36(44)46-34(42)28-22-16-10-2-1-3-11-17-23-29-35(43)47-37(45)31-25-19-13-7-5-9-15-21-27-33(40)41/h1-31H2,(H,38,39)(H,40,41). The molecule has 0 saturated carbocycles. The zero-order valence-electron chi connectivity index (χ0n) is 29.1. The lowest BCUT2D eigenvalue weighted by Crippen LogP contribution is -2.11. The Morgan fingerprint density at radius 1 is 0.255 bits per heavy atom. The highest BCUT2D eigenvalue weighted by atomic mass is 16.6. The topological polar surface area (TPSA) is 161 Å². The monoisotopic (exact) mass is 668 g/mol. The van der Waals surface area contributed by atoms with Crippen molar-refractivity contribution in [2.24, 2.45) is 0 Å². The van der Waals surface area contributed by atoms with E-state index in [1.165, 1.54) is 0 Å². The highest BCUT2D eigenvalue weighted by Crippen LogP contribution is 2.14. The number of esters is 4. The molecule has 0 saturated heterocycles. The molecule has 0 atom stereocenters. The molecular formula is C37H64O10. The van der Waals surface area contributed by atoms with Gasteiger partial charge in [0.2, 0.25) is 0 Å². The van der Waals surface area contributed by atoms with Gasteiger partial charge < -0.3 is 19.7 Å². The predicted octanol–water partition coefficient (Wildman–Crippen LogP) is 9.39. The van der Waals surface area contributed by atoms with E-state index < -0.39 is 35.8 Å². The largest absolute Gasteiger partial charge is 0.481 e. The molecule has 0 bridgehead atoms. The van der Waals surface area contributed by atoms with E-state index in [-0.39, 0.29) is 38.5 Å². The summed E-state index contributed by atoms with van der Waals surface area (Å²) in [5.74, 6) is -3.23. The van der Waals surface area contributed by atoms with Crippen LogP contribution in [0.25, 0.3) is 0 Å². The summed E-state index contributed by atoms with van der Waals surface area (Å²) in [5.41, 5.74) is 0. The molecule has 0 radical (unpaired) electrons. The van der Waals surface area contributed by atoms with E-state index in [1.54, 1.807) is 0 Å². The van der Waals surface area contributed by atoms with Crippen LogP contribution in [0.1, 0.15) is 199 Å². The number of carboxylic acids is 2. The Balaban J connectivity index is 3.44. The average Bonchev–Trinajstić information content (AvgIpc) is 3.01. The second-order valence-electron chi connectivity index (χ2n) is 12.8. The molecule has 0 aliphatic heterocycles. The van der Waals surface area contributed by atoms with Crippen LogP contribution in [0.4, 0.5) is 0 Å². The number of aliphatic carboxylic acids is 2. The predicted molar refractivity (Wildman–Crippen MR) is 181 cm³/mol. The molecule has 0 aromatic heterocycles. The number of hydrogen-bond acceptors (Lipinski definition) is 8. The van der Waals surface area contributed by atoms with E-state index in [2.05, 4.69) is 0 Å². The van der Waals surface area contributed by atoms with E-state index in [4.69, 9.17) is 19.7 Å². The number of rotatable bonds is 34. The van der Waals surface area contributed by atoms with Crippen molar-refractivity contribution in [3.63, 3.8) is 0 Å². The van der Waals surface area contributed by atoms with Gasteiger partial charge in [-0.3, -0.25) is 28.8 Å². The van der Waals surface area contributed by atoms with E-state index in [1.807, 2.05) is 0 Å². The summed E-state index contributed by atoms with van der Waals surface area (Å²) in [6, 6.07) is 0. The van der Waals surface area contributed by atoms with Gasteiger partial charge in [0.25, 0.3) is 0 Å². The fourth-order valence-corrected chi connectivity index (χ4v) is 5.45. The molecular weight excluding hydrogens is 604 g/mol. The van der Waals surface area contributed by atoms with Gasteiger partial charge in [0.1, 0.15) is 0 Å². The van der Waals surface area contributed by atoms with Crippen molar-refractivity contribution in [3.8, 4) is 0 Å². The number of carboxylic acid groups (broad SMARTS) is 2. The van der Waals surface area contributed by atoms with Gasteiger partial charge in [0.05, 0.1) is 0 Å². The van der Waals surface area contributed by atoms with Gasteiger partial charge in [0.15, 0.2) is 0 Å². The zero-order chi connectivity index (χ0) is 34.8. The van der Waals surface area contributed by atoms with Crippen molar-refractivity contribution in [2.45, 2.75) is 199 Å². The first-order valence-corrected chi connectivity index (χ1v) is 18.6. The Hall–Kier alpha value is -2.78. The van der Waals surface area contributed by atoms with Crippen LogP contribution in [-0.2, 0) is 38.2 Å². The lowest BCUT2D eigenvalue weighted by molar-refractivity contribution is -0.161. The van der Waals surface area contributed by atoms with Crippen molar-refractivity contribution in [3.05, 3.63) is 0 Å². The molecule has 0 aromatic rings. The van der Waals surface area contributed by atoms with Crippen molar-refractivity contribution in [1.82, 2.24) is 0 Å². The Kier molecular flexibility index (Phi) is 31.2. The lowest BCUT2D eigenvalue weighted by Gasteiger charge is -2.05. The molecule has 0 aromatic carbocycles. The Morgan fingerprint density at radius 2 is 0.404 bits per heavy atom. The fourth-order valence-electron chi connectivity index (χ4n) is 5.45. The van der Waals surface area contributed by atoms with E-state index in [0.29, 0.717) is 0 Å². The molecule has 10 heteroatoms. The van der Waals surface area contributed by atoms with Gasteiger partial charge in [-0.25, -0.2) is 0 Å². The first-order valence-electron chi connectivity index (χ1n) is 18.6. The van der Waals surface area contributed by atoms with E-state index in [0.717, 1.165) is 161 Å². The summed E-state index contributed by atoms with van der Waals surface area (Å²) in [6.07, 6.45) is 25.3. The van der Waals surface area contributed by atoms with Gasteiger partial charge in [-0.05, 0) is 38.5 Å². The van der Waals surface area contributed by atoms with E-state index in [9.17, 15) is 28.8 Å². The molecule has 0 heterocycles. The third-order valence-corrected chi connectivity index (χ3v) is 8.26. The average molecular weight is 669 g/mol. The van der Waals surface area contributed by atoms with Gasteiger partial charge in [-0.15, -0.1) is 0 Å². The summed E-state index contributed by atoms with van der Waals surface area (Å²) in [4.78, 5) is 68.4. The minimum Gasteiger partial charge on any atom is -0.481 e. The third kappa shape index (κ3) is 35.9. The lowest BCUT2D eigenvalue weighted by atomic mass is 10.1. The van der Waals surface area contributed by atoms with Crippen LogP contribution in [0.5, 0.6) is 0 Å². The molecule has 10 nitrogen and oxygen atoms in total. The van der Waals surface area contributed by atoms with Gasteiger partial charge >= 0.3 is 35.8 Å². The quantitative estimate of drug-likeness (QED) is 0.0384. The first kappa shape index (κ1) is 44.2. The second-order valence-corrected chi connectivity index (χ2v) is 12.8. The number of carbonyl (C=O) groups excluding carboxylic acids is 4. The van der Waals surface area contributed by atoms with Crippen LogP contribution in [-0.4, -0.2) is 46.0 Å². The van der Waals surface area contributed by atoms with Crippen LogP contribution in [0.3, 0.4) is 0 Å². The molecule has 0 aliphatic carbocycles. The Bertz CT molecular complexity index is 786. The molecule has 0 amide bonds. The van der Waals surface area contributed by atoms with Crippen molar-refractivity contribution in [1.29, 1.82) is 0 Å². The molecule has 0 fully saturated rings. The Morgan fingerprint density at radius 3 is 0.574 bits per heavy atom. The molecule has 2 N–H and O–H groups in total. The fraction of sp³-hybridized carbons (Fsp3) is 0.838. The normalized spacial score (nSPS) is 10.9. The number of carbonyl (C=O) groups is 6. The summed E-state index contributed by atoms with van der Waals surface area (Å²) in [6.45, 7) is 0. The molecule has 0 unspecified atom stereocenters. The van der Waals surface area contributed by atoms with Crippen LogP contribution in [0.2, 0.25) is 0 Å². The number of hydrogen-bond donors (Lipinski definition) is 2. The van der Waals surface area contributed by atoms with Crippen molar-refractivity contribution in [2.75, 3.05) is 0 Å². The SMILES string of the molecule is O=C(O)CCCCCCCCCCC(=O)OC(=O)CCCCCCCCCCCC(=O)OC(=O)CCCCCCCCCCC(=O)O.